The molecule has 102 valence electrons. The summed E-state index contributed by atoms with van der Waals surface area (Å²) >= 11 is 0. The van der Waals surface area contributed by atoms with E-state index in [0.717, 1.165) is 19.7 Å². The third-order valence-corrected chi connectivity index (χ3v) is 3.20. The van der Waals surface area contributed by atoms with Gasteiger partial charge in [-0.05, 0) is 42.9 Å². The highest BCUT2D eigenvalue weighted by molar-refractivity contribution is 5.24. The fraction of sp³-hybridized carbons (Fsp3) is 0.625. The summed E-state index contributed by atoms with van der Waals surface area (Å²) in [5, 5.41) is 3.37. The van der Waals surface area contributed by atoms with E-state index in [9.17, 15) is 0 Å². The van der Waals surface area contributed by atoms with Crippen molar-refractivity contribution >= 4 is 0 Å². The van der Waals surface area contributed by atoms with Gasteiger partial charge in [0.2, 0.25) is 0 Å². The lowest BCUT2D eigenvalue weighted by Crippen LogP contribution is -2.20. The van der Waals surface area contributed by atoms with E-state index in [1.165, 1.54) is 30.4 Å². The maximum Gasteiger partial charge on any atom is 0.0587 e. The molecular weight excluding hydrogens is 222 g/mol. The first-order valence-corrected chi connectivity index (χ1v) is 7.02. The third-order valence-electron chi connectivity index (χ3n) is 3.20. The van der Waals surface area contributed by atoms with Crippen LogP contribution in [-0.2, 0) is 11.2 Å². The van der Waals surface area contributed by atoms with Gasteiger partial charge in [0.05, 0.1) is 6.61 Å². The Kier molecular flexibility index (Phi) is 7.70. The van der Waals surface area contributed by atoms with E-state index in [1.807, 2.05) is 0 Å². The predicted molar refractivity (Wildman–Crippen MR) is 78.2 cm³/mol. The quantitative estimate of drug-likeness (QED) is 0.678. The van der Waals surface area contributed by atoms with Crippen LogP contribution in [0.25, 0.3) is 0 Å². The van der Waals surface area contributed by atoms with E-state index in [-0.39, 0.29) is 0 Å². The van der Waals surface area contributed by atoms with Crippen LogP contribution in [0.4, 0.5) is 0 Å². The van der Waals surface area contributed by atoms with Crippen LogP contribution in [0.15, 0.2) is 24.3 Å². The number of hydrogen-bond donors (Lipinski definition) is 1. The van der Waals surface area contributed by atoms with E-state index in [4.69, 9.17) is 4.74 Å². The van der Waals surface area contributed by atoms with Gasteiger partial charge in [0.15, 0.2) is 0 Å². The Bertz CT molecular complexity index is 305. The molecule has 0 unspecified atom stereocenters. The Balaban J connectivity index is 2.12. The maximum atomic E-state index is 4.99. The molecule has 0 spiro atoms. The molecule has 1 rings (SSSR count). The second-order valence-electron chi connectivity index (χ2n) is 5.10. The molecule has 2 nitrogen and oxygen atoms in total. The van der Waals surface area contributed by atoms with Crippen LogP contribution in [0.3, 0.4) is 0 Å². The Morgan fingerprint density at radius 3 is 2.39 bits per heavy atom. The topological polar surface area (TPSA) is 21.3 Å². The van der Waals surface area contributed by atoms with Crippen LogP contribution < -0.4 is 5.32 Å². The molecule has 0 aliphatic heterocycles. The Hall–Kier alpha value is -0.860. The van der Waals surface area contributed by atoms with Gasteiger partial charge in [-0.3, -0.25) is 0 Å². The van der Waals surface area contributed by atoms with Crippen molar-refractivity contribution in [3.63, 3.8) is 0 Å². The van der Waals surface area contributed by atoms with Crippen molar-refractivity contribution in [2.75, 3.05) is 26.8 Å². The minimum atomic E-state index is 0.629. The summed E-state index contributed by atoms with van der Waals surface area (Å²) < 4.78 is 4.99. The molecule has 1 N–H and O–H groups in total. The van der Waals surface area contributed by atoms with Gasteiger partial charge in [-0.25, -0.2) is 0 Å². The summed E-state index contributed by atoms with van der Waals surface area (Å²) in [6.07, 6.45) is 3.67. The number of rotatable bonds is 9. The van der Waals surface area contributed by atoms with Crippen LogP contribution in [0.5, 0.6) is 0 Å². The highest BCUT2D eigenvalue weighted by Crippen LogP contribution is 2.15. The van der Waals surface area contributed by atoms with E-state index < -0.39 is 0 Å². The molecule has 0 amide bonds. The van der Waals surface area contributed by atoms with Gasteiger partial charge in [-0.2, -0.15) is 0 Å². The molecule has 0 saturated heterocycles. The molecule has 0 aliphatic rings. The summed E-state index contributed by atoms with van der Waals surface area (Å²) in [6, 6.07) is 9.06. The summed E-state index contributed by atoms with van der Waals surface area (Å²) in [4.78, 5) is 0. The standard InChI is InChI=1S/C16H27NO/c1-14(2)16-9-7-15(8-10-16)6-4-5-11-17-12-13-18-3/h7-10,14,17H,4-6,11-13H2,1-3H3. The van der Waals surface area contributed by atoms with Crippen molar-refractivity contribution < 1.29 is 4.74 Å². The monoisotopic (exact) mass is 249 g/mol. The summed E-state index contributed by atoms with van der Waals surface area (Å²) in [5.74, 6) is 0.629. The SMILES string of the molecule is COCCNCCCCc1ccc(C(C)C)cc1. The molecule has 0 saturated carbocycles. The molecule has 2 heteroatoms. The van der Waals surface area contributed by atoms with Crippen molar-refractivity contribution in [3.8, 4) is 0 Å². The van der Waals surface area contributed by atoms with Crippen molar-refractivity contribution in [3.05, 3.63) is 35.4 Å². The zero-order chi connectivity index (χ0) is 13.2. The minimum absolute atomic E-state index is 0.629. The predicted octanol–water partition coefficient (Wildman–Crippen LogP) is 3.37. The van der Waals surface area contributed by atoms with Gasteiger partial charge < -0.3 is 10.1 Å². The second-order valence-corrected chi connectivity index (χ2v) is 5.10. The van der Waals surface area contributed by atoms with Crippen molar-refractivity contribution in [1.29, 1.82) is 0 Å². The highest BCUT2D eigenvalue weighted by atomic mass is 16.5. The van der Waals surface area contributed by atoms with Gasteiger partial charge in [0, 0.05) is 13.7 Å². The Morgan fingerprint density at radius 1 is 1.06 bits per heavy atom. The van der Waals surface area contributed by atoms with Crippen molar-refractivity contribution in [1.82, 2.24) is 5.32 Å². The zero-order valence-corrected chi connectivity index (χ0v) is 12.0. The molecule has 0 aromatic heterocycles. The normalized spacial score (nSPS) is 11.1. The van der Waals surface area contributed by atoms with Crippen LogP contribution in [0, 0.1) is 0 Å². The average molecular weight is 249 g/mol. The molecule has 0 atom stereocenters. The van der Waals surface area contributed by atoms with E-state index in [0.29, 0.717) is 5.92 Å². The third kappa shape index (κ3) is 6.18. The van der Waals surface area contributed by atoms with Crippen LogP contribution >= 0.6 is 0 Å². The van der Waals surface area contributed by atoms with Gasteiger partial charge in [-0.1, -0.05) is 38.1 Å². The first-order chi connectivity index (χ1) is 8.74. The molecule has 0 aliphatic carbocycles. The number of aryl methyl sites for hydroxylation is 1. The lowest BCUT2D eigenvalue weighted by atomic mass is 10.00. The number of ether oxygens (including phenoxy) is 1. The second kappa shape index (κ2) is 9.12. The molecule has 0 heterocycles. The van der Waals surface area contributed by atoms with Crippen LogP contribution in [-0.4, -0.2) is 26.8 Å². The summed E-state index contributed by atoms with van der Waals surface area (Å²) in [5.41, 5.74) is 2.89. The Labute approximate surface area is 112 Å². The van der Waals surface area contributed by atoms with E-state index >= 15 is 0 Å². The summed E-state index contributed by atoms with van der Waals surface area (Å²) in [7, 11) is 1.74. The number of benzene rings is 1. The number of hydrogen-bond acceptors (Lipinski definition) is 2. The van der Waals surface area contributed by atoms with Gasteiger partial charge in [0.1, 0.15) is 0 Å². The number of nitrogens with one attached hydrogen (secondary N) is 1. The average Bonchev–Trinajstić information content (AvgIpc) is 2.38. The van der Waals surface area contributed by atoms with Crippen molar-refractivity contribution in [2.45, 2.75) is 39.0 Å². The van der Waals surface area contributed by atoms with E-state index in [2.05, 4.69) is 43.4 Å². The lowest BCUT2D eigenvalue weighted by Gasteiger charge is -2.07. The minimum Gasteiger partial charge on any atom is -0.383 e. The van der Waals surface area contributed by atoms with Gasteiger partial charge in [-0.15, -0.1) is 0 Å². The van der Waals surface area contributed by atoms with Crippen LogP contribution in [0.1, 0.15) is 43.7 Å². The molecular formula is C16H27NO. The maximum absolute atomic E-state index is 4.99. The zero-order valence-electron chi connectivity index (χ0n) is 12.0. The first kappa shape index (κ1) is 15.2. The molecule has 1 aromatic rings. The molecule has 18 heavy (non-hydrogen) atoms. The number of unbranched alkanes of at least 4 members (excludes halogenated alkanes) is 1. The smallest absolute Gasteiger partial charge is 0.0587 e. The van der Waals surface area contributed by atoms with Gasteiger partial charge in [0.25, 0.3) is 0 Å². The summed E-state index contributed by atoms with van der Waals surface area (Å²) in [6.45, 7) is 7.32. The van der Waals surface area contributed by atoms with Crippen LogP contribution in [0.2, 0.25) is 0 Å². The fourth-order valence-corrected chi connectivity index (χ4v) is 1.95. The molecule has 0 radical (unpaired) electrons. The molecule has 0 fully saturated rings. The van der Waals surface area contributed by atoms with Crippen molar-refractivity contribution in [2.24, 2.45) is 0 Å². The molecule has 0 bridgehead atoms. The number of methoxy groups -OCH3 is 1. The lowest BCUT2D eigenvalue weighted by molar-refractivity contribution is 0.199. The Morgan fingerprint density at radius 2 is 1.78 bits per heavy atom. The fourth-order valence-electron chi connectivity index (χ4n) is 1.95. The first-order valence-electron chi connectivity index (χ1n) is 7.02. The van der Waals surface area contributed by atoms with E-state index in [1.54, 1.807) is 7.11 Å². The molecule has 1 aromatic carbocycles. The van der Waals surface area contributed by atoms with Gasteiger partial charge >= 0.3 is 0 Å². The highest BCUT2D eigenvalue weighted by Gasteiger charge is 1.99. The largest absolute Gasteiger partial charge is 0.383 e.